The van der Waals surface area contributed by atoms with Crippen molar-refractivity contribution in [2.45, 2.75) is 50.5 Å². The molecule has 0 bridgehead atoms. The van der Waals surface area contributed by atoms with Gasteiger partial charge >= 0.3 is 5.97 Å². The molecule has 0 heterocycles. The number of hydrogen-bond donors (Lipinski definition) is 0. The summed E-state index contributed by atoms with van der Waals surface area (Å²) < 4.78 is 5.08. The average molecular weight is 363 g/mol. The lowest BCUT2D eigenvalue weighted by Gasteiger charge is -2.38. The molecule has 1 aromatic rings. The molecule has 1 amide bonds. The van der Waals surface area contributed by atoms with Crippen molar-refractivity contribution in [3.05, 3.63) is 34.9 Å². The summed E-state index contributed by atoms with van der Waals surface area (Å²) in [6.07, 6.45) is 4.92. The predicted molar refractivity (Wildman–Crippen MR) is 94.9 cm³/mol. The number of benzene rings is 1. The molecule has 0 spiro atoms. The van der Waals surface area contributed by atoms with Crippen LogP contribution in [0.15, 0.2) is 24.3 Å². The average Bonchev–Trinajstić information content (AvgIpc) is 2.65. The van der Waals surface area contributed by atoms with Crippen LogP contribution in [0.3, 0.4) is 0 Å². The first kappa shape index (κ1) is 19.3. The summed E-state index contributed by atoms with van der Waals surface area (Å²) in [5.41, 5.74) is 0.106. The van der Waals surface area contributed by atoms with Crippen molar-refractivity contribution in [3.63, 3.8) is 0 Å². The van der Waals surface area contributed by atoms with Crippen LogP contribution in [-0.2, 0) is 20.7 Å². The van der Waals surface area contributed by atoms with Gasteiger partial charge in [0.15, 0.2) is 6.61 Å². The molecule has 0 saturated heterocycles. The number of halogens is 1. The molecule has 1 aliphatic rings. The summed E-state index contributed by atoms with van der Waals surface area (Å²) in [6, 6.07) is 9.60. The van der Waals surface area contributed by atoms with E-state index in [1.807, 2.05) is 18.2 Å². The van der Waals surface area contributed by atoms with Crippen LogP contribution in [0.1, 0.15) is 44.1 Å². The second-order valence-electron chi connectivity index (χ2n) is 6.41. The number of nitriles is 1. The standard InChI is InChI=1S/C19H23ClN2O3/c1-22(19(14-21)11-5-2-6-12-19)17(23)13-25-18(24)10-9-15-7-3-4-8-16(15)20/h3-4,7-8H,2,5-6,9-13H2,1H3. The number of carbonyl (C=O) groups excluding carboxylic acids is 2. The van der Waals surface area contributed by atoms with E-state index >= 15 is 0 Å². The molecule has 6 heteroatoms. The first-order chi connectivity index (χ1) is 12.0. The van der Waals surface area contributed by atoms with Gasteiger partial charge < -0.3 is 9.64 Å². The van der Waals surface area contributed by atoms with Gasteiger partial charge in [0.2, 0.25) is 0 Å². The lowest BCUT2D eigenvalue weighted by atomic mass is 9.81. The first-order valence-electron chi connectivity index (χ1n) is 8.55. The number of hydrogen-bond acceptors (Lipinski definition) is 4. The molecule has 5 nitrogen and oxygen atoms in total. The number of esters is 1. The third-order valence-electron chi connectivity index (χ3n) is 4.82. The van der Waals surface area contributed by atoms with Gasteiger partial charge in [0.1, 0.15) is 5.54 Å². The molecule has 0 radical (unpaired) electrons. The van der Waals surface area contributed by atoms with E-state index in [0.717, 1.165) is 24.8 Å². The lowest BCUT2D eigenvalue weighted by Crippen LogP contribution is -2.51. The van der Waals surface area contributed by atoms with Gasteiger partial charge in [0, 0.05) is 18.5 Å². The molecule has 2 rings (SSSR count). The maximum Gasteiger partial charge on any atom is 0.306 e. The number of likely N-dealkylation sites (N-methyl/N-ethyl adjacent to an activating group) is 1. The Labute approximate surface area is 153 Å². The Balaban J connectivity index is 1.81. The molecule has 0 aromatic heterocycles. The van der Waals surface area contributed by atoms with Crippen LogP contribution in [0.2, 0.25) is 5.02 Å². The van der Waals surface area contributed by atoms with E-state index in [4.69, 9.17) is 16.3 Å². The van der Waals surface area contributed by atoms with E-state index in [-0.39, 0.29) is 18.9 Å². The first-order valence-corrected chi connectivity index (χ1v) is 8.93. The van der Waals surface area contributed by atoms with E-state index in [9.17, 15) is 14.9 Å². The van der Waals surface area contributed by atoms with Crippen molar-refractivity contribution < 1.29 is 14.3 Å². The Hall–Kier alpha value is -2.06. The number of rotatable bonds is 6. The normalized spacial score (nSPS) is 15.9. The summed E-state index contributed by atoms with van der Waals surface area (Å²) in [7, 11) is 1.62. The fourth-order valence-electron chi connectivity index (χ4n) is 3.15. The molecular formula is C19H23ClN2O3. The highest BCUT2D eigenvalue weighted by Crippen LogP contribution is 2.32. The third kappa shape index (κ3) is 4.96. The minimum atomic E-state index is -0.765. The lowest BCUT2D eigenvalue weighted by molar-refractivity contribution is -0.153. The van der Waals surface area contributed by atoms with Gasteiger partial charge in [-0.05, 0) is 30.9 Å². The van der Waals surface area contributed by atoms with Crippen molar-refractivity contribution in [1.29, 1.82) is 5.26 Å². The number of nitrogens with zero attached hydrogens (tertiary/aromatic N) is 2. The zero-order valence-electron chi connectivity index (χ0n) is 14.5. The van der Waals surface area contributed by atoms with Crippen LogP contribution >= 0.6 is 11.6 Å². The number of ether oxygens (including phenoxy) is 1. The maximum absolute atomic E-state index is 12.3. The van der Waals surface area contributed by atoms with Gasteiger partial charge in [0.25, 0.3) is 5.91 Å². The molecule has 0 atom stereocenters. The summed E-state index contributed by atoms with van der Waals surface area (Å²) in [4.78, 5) is 25.6. The Kier molecular flexibility index (Phi) is 6.83. The van der Waals surface area contributed by atoms with Gasteiger partial charge in [-0.15, -0.1) is 0 Å². The fraction of sp³-hybridized carbons (Fsp3) is 0.526. The van der Waals surface area contributed by atoms with Gasteiger partial charge in [0.05, 0.1) is 6.07 Å². The highest BCUT2D eigenvalue weighted by atomic mass is 35.5. The molecule has 0 unspecified atom stereocenters. The molecular weight excluding hydrogens is 340 g/mol. The van der Waals surface area contributed by atoms with Crippen LogP contribution in [0, 0.1) is 11.3 Å². The van der Waals surface area contributed by atoms with Gasteiger partial charge in [-0.3, -0.25) is 9.59 Å². The van der Waals surface area contributed by atoms with Crippen molar-refractivity contribution in [3.8, 4) is 6.07 Å². The zero-order valence-corrected chi connectivity index (χ0v) is 15.2. The molecule has 1 aliphatic carbocycles. The fourth-order valence-corrected chi connectivity index (χ4v) is 3.38. The summed E-state index contributed by atoms with van der Waals surface area (Å²) in [5, 5.41) is 10.1. The third-order valence-corrected chi connectivity index (χ3v) is 5.19. The monoisotopic (exact) mass is 362 g/mol. The molecule has 0 N–H and O–H groups in total. The molecule has 0 aliphatic heterocycles. The quantitative estimate of drug-likeness (QED) is 0.726. The minimum Gasteiger partial charge on any atom is -0.456 e. The molecule has 134 valence electrons. The number of carbonyl (C=O) groups is 2. The van der Waals surface area contributed by atoms with E-state index in [2.05, 4.69) is 6.07 Å². The Bertz CT molecular complexity index is 663. The van der Waals surface area contributed by atoms with Crippen LogP contribution in [0.25, 0.3) is 0 Å². The van der Waals surface area contributed by atoms with Crippen LogP contribution in [0.5, 0.6) is 0 Å². The highest BCUT2D eigenvalue weighted by Gasteiger charge is 2.38. The Morgan fingerprint density at radius 2 is 1.96 bits per heavy atom. The topological polar surface area (TPSA) is 70.4 Å². The van der Waals surface area contributed by atoms with E-state index in [1.165, 1.54) is 4.90 Å². The molecule has 1 fully saturated rings. The highest BCUT2D eigenvalue weighted by molar-refractivity contribution is 6.31. The Morgan fingerprint density at radius 3 is 2.60 bits per heavy atom. The van der Waals surface area contributed by atoms with Gasteiger partial charge in [-0.25, -0.2) is 0 Å². The smallest absolute Gasteiger partial charge is 0.306 e. The number of aryl methyl sites for hydroxylation is 1. The SMILES string of the molecule is CN(C(=O)COC(=O)CCc1ccccc1Cl)C1(C#N)CCCCC1. The van der Waals surface area contributed by atoms with E-state index in [0.29, 0.717) is 24.3 Å². The van der Waals surface area contributed by atoms with Crippen LogP contribution in [0.4, 0.5) is 0 Å². The van der Waals surface area contributed by atoms with E-state index in [1.54, 1.807) is 13.1 Å². The van der Waals surface area contributed by atoms with Crippen molar-refractivity contribution in [2.75, 3.05) is 13.7 Å². The number of amides is 1. The molecule has 1 saturated carbocycles. The van der Waals surface area contributed by atoms with Crippen LogP contribution < -0.4 is 0 Å². The van der Waals surface area contributed by atoms with Crippen LogP contribution in [-0.4, -0.2) is 36.0 Å². The predicted octanol–water partition coefficient (Wildman–Crippen LogP) is 3.50. The largest absolute Gasteiger partial charge is 0.456 e. The minimum absolute atomic E-state index is 0.157. The molecule has 25 heavy (non-hydrogen) atoms. The second kappa shape index (κ2) is 8.87. The second-order valence-corrected chi connectivity index (χ2v) is 6.82. The summed E-state index contributed by atoms with van der Waals surface area (Å²) >= 11 is 6.05. The molecule has 1 aromatic carbocycles. The van der Waals surface area contributed by atoms with E-state index < -0.39 is 11.5 Å². The maximum atomic E-state index is 12.3. The van der Waals surface area contributed by atoms with Gasteiger partial charge in [-0.2, -0.15) is 5.26 Å². The summed E-state index contributed by atoms with van der Waals surface area (Å²) in [5.74, 6) is -0.786. The van der Waals surface area contributed by atoms with Gasteiger partial charge in [-0.1, -0.05) is 49.1 Å². The van der Waals surface area contributed by atoms with Crippen molar-refractivity contribution in [1.82, 2.24) is 4.90 Å². The van der Waals surface area contributed by atoms with Crippen molar-refractivity contribution >= 4 is 23.5 Å². The zero-order chi connectivity index (χ0) is 18.3. The van der Waals surface area contributed by atoms with Crippen molar-refractivity contribution in [2.24, 2.45) is 0 Å². The summed E-state index contributed by atoms with van der Waals surface area (Å²) in [6.45, 7) is -0.332. The Morgan fingerprint density at radius 1 is 1.28 bits per heavy atom.